The molecule has 148 valence electrons. The summed E-state index contributed by atoms with van der Waals surface area (Å²) in [4.78, 5) is 21.9. The Labute approximate surface area is 164 Å². The molecule has 6 heteroatoms. The summed E-state index contributed by atoms with van der Waals surface area (Å²) < 4.78 is 0. The van der Waals surface area contributed by atoms with Gasteiger partial charge in [0, 0.05) is 25.2 Å². The first-order valence-electron chi connectivity index (χ1n) is 9.64. The molecule has 0 radical (unpaired) electrons. The summed E-state index contributed by atoms with van der Waals surface area (Å²) in [5.41, 5.74) is 2.74. The topological polar surface area (TPSA) is 98.7 Å². The highest BCUT2D eigenvalue weighted by molar-refractivity contribution is 5.87. The normalized spacial score (nSPS) is 19.3. The van der Waals surface area contributed by atoms with Gasteiger partial charge in [-0.2, -0.15) is 0 Å². The number of nitrogens with one attached hydrogen (secondary N) is 2. The summed E-state index contributed by atoms with van der Waals surface area (Å²) in [7, 11) is 0. The zero-order valence-electron chi connectivity index (χ0n) is 15.7. The fraction of sp³-hybridized carbons (Fsp3) is 0.364. The molecule has 0 heterocycles. The zero-order valence-corrected chi connectivity index (χ0v) is 15.7. The maximum Gasteiger partial charge on any atom is 0.335 e. The van der Waals surface area contributed by atoms with Crippen molar-refractivity contribution in [2.75, 3.05) is 0 Å². The van der Waals surface area contributed by atoms with Gasteiger partial charge in [0.05, 0.1) is 11.1 Å². The molecule has 2 unspecified atom stereocenters. The van der Waals surface area contributed by atoms with Crippen LogP contribution in [0, 0.1) is 0 Å². The van der Waals surface area contributed by atoms with Gasteiger partial charge in [-0.05, 0) is 48.2 Å². The molecule has 1 aliphatic rings. The van der Waals surface area contributed by atoms with E-state index < -0.39 is 11.9 Å². The minimum Gasteiger partial charge on any atom is -0.478 e. The predicted molar refractivity (Wildman–Crippen MR) is 107 cm³/mol. The third kappa shape index (κ3) is 5.41. The molecule has 1 saturated carbocycles. The third-order valence-electron chi connectivity index (χ3n) is 5.30. The molecule has 1 aliphatic carbocycles. The van der Waals surface area contributed by atoms with Crippen molar-refractivity contribution in [3.8, 4) is 0 Å². The summed E-state index contributed by atoms with van der Waals surface area (Å²) in [6.45, 7) is 1.41. The molecular formula is C22H26N2O4. The maximum atomic E-state index is 10.9. The molecule has 0 bridgehead atoms. The standard InChI is InChI=1S/C22H26N2O4/c25-21(26)17-9-5-15(6-10-17)13-23-19-3-1-2-4-20(19)24-14-16-7-11-18(12-8-16)22(27)28/h5-12,19-20,23-24H,1-4,13-14H2,(H,25,26)(H,27,28). The largest absolute Gasteiger partial charge is 0.478 e. The van der Waals surface area contributed by atoms with Gasteiger partial charge < -0.3 is 20.8 Å². The van der Waals surface area contributed by atoms with E-state index in [4.69, 9.17) is 10.2 Å². The summed E-state index contributed by atoms with van der Waals surface area (Å²) in [6.07, 6.45) is 4.59. The van der Waals surface area contributed by atoms with Crippen LogP contribution in [0.1, 0.15) is 57.5 Å². The van der Waals surface area contributed by atoms with Crippen LogP contribution in [0.15, 0.2) is 48.5 Å². The first-order valence-corrected chi connectivity index (χ1v) is 9.64. The van der Waals surface area contributed by atoms with Gasteiger partial charge >= 0.3 is 11.9 Å². The van der Waals surface area contributed by atoms with Crippen LogP contribution in [0.4, 0.5) is 0 Å². The number of carboxylic acids is 2. The fourth-order valence-electron chi connectivity index (χ4n) is 3.65. The van der Waals surface area contributed by atoms with Gasteiger partial charge in [-0.3, -0.25) is 0 Å². The Kier molecular flexibility index (Phi) is 6.79. The number of rotatable bonds is 8. The van der Waals surface area contributed by atoms with Crippen molar-refractivity contribution in [3.63, 3.8) is 0 Å². The molecule has 0 spiro atoms. The van der Waals surface area contributed by atoms with Crippen molar-refractivity contribution in [2.24, 2.45) is 0 Å². The van der Waals surface area contributed by atoms with Crippen LogP contribution in [-0.4, -0.2) is 34.2 Å². The molecule has 3 rings (SSSR count). The van der Waals surface area contributed by atoms with Crippen molar-refractivity contribution >= 4 is 11.9 Å². The minimum atomic E-state index is -0.910. The minimum absolute atomic E-state index is 0.301. The van der Waals surface area contributed by atoms with E-state index in [0.29, 0.717) is 36.3 Å². The number of hydrogen-bond donors (Lipinski definition) is 4. The Morgan fingerprint density at radius 1 is 0.714 bits per heavy atom. The van der Waals surface area contributed by atoms with E-state index in [-0.39, 0.29) is 0 Å². The number of hydrogen-bond acceptors (Lipinski definition) is 4. The second kappa shape index (κ2) is 9.48. The molecule has 2 atom stereocenters. The van der Waals surface area contributed by atoms with Gasteiger partial charge in [-0.25, -0.2) is 9.59 Å². The molecule has 6 nitrogen and oxygen atoms in total. The summed E-state index contributed by atoms with van der Waals surface area (Å²) in [5.74, 6) is -1.82. The van der Waals surface area contributed by atoms with Crippen molar-refractivity contribution in [2.45, 2.75) is 50.9 Å². The van der Waals surface area contributed by atoms with Gasteiger partial charge in [0.15, 0.2) is 0 Å². The molecule has 1 fully saturated rings. The fourth-order valence-corrected chi connectivity index (χ4v) is 3.65. The Hall–Kier alpha value is -2.70. The average Bonchev–Trinajstić information content (AvgIpc) is 2.72. The van der Waals surface area contributed by atoms with Gasteiger partial charge in [-0.1, -0.05) is 37.1 Å². The first kappa shape index (κ1) is 20.0. The predicted octanol–water partition coefficient (Wildman–Crippen LogP) is 3.27. The first-order chi connectivity index (χ1) is 13.5. The number of carbonyl (C=O) groups is 2. The highest BCUT2D eigenvalue weighted by Crippen LogP contribution is 2.20. The van der Waals surface area contributed by atoms with E-state index in [9.17, 15) is 9.59 Å². The van der Waals surface area contributed by atoms with Crippen molar-refractivity contribution in [1.82, 2.24) is 10.6 Å². The van der Waals surface area contributed by atoms with E-state index >= 15 is 0 Å². The van der Waals surface area contributed by atoms with Gasteiger partial charge in [0.25, 0.3) is 0 Å². The van der Waals surface area contributed by atoms with Crippen LogP contribution >= 0.6 is 0 Å². The van der Waals surface area contributed by atoms with E-state index in [2.05, 4.69) is 10.6 Å². The average molecular weight is 382 g/mol. The smallest absolute Gasteiger partial charge is 0.335 e. The van der Waals surface area contributed by atoms with E-state index in [1.807, 2.05) is 24.3 Å². The van der Waals surface area contributed by atoms with E-state index in [1.165, 1.54) is 12.8 Å². The highest BCUT2D eigenvalue weighted by atomic mass is 16.4. The Bertz CT molecular complexity index is 733. The maximum absolute atomic E-state index is 10.9. The number of carboxylic acid groups (broad SMARTS) is 2. The summed E-state index contributed by atoms with van der Waals surface area (Å²) in [6, 6.07) is 14.7. The molecule has 2 aromatic carbocycles. The van der Waals surface area contributed by atoms with Crippen LogP contribution in [0.3, 0.4) is 0 Å². The molecule has 0 saturated heterocycles. The molecule has 0 aliphatic heterocycles. The zero-order chi connectivity index (χ0) is 19.9. The third-order valence-corrected chi connectivity index (χ3v) is 5.30. The number of aromatic carboxylic acids is 2. The number of benzene rings is 2. The van der Waals surface area contributed by atoms with Crippen molar-refractivity contribution in [1.29, 1.82) is 0 Å². The van der Waals surface area contributed by atoms with Crippen molar-refractivity contribution in [3.05, 3.63) is 70.8 Å². The Morgan fingerprint density at radius 3 is 1.39 bits per heavy atom. The lowest BCUT2D eigenvalue weighted by molar-refractivity contribution is 0.0686. The van der Waals surface area contributed by atoms with E-state index in [1.54, 1.807) is 24.3 Å². The Balaban J connectivity index is 1.53. The van der Waals surface area contributed by atoms with Crippen LogP contribution in [0.25, 0.3) is 0 Å². The SMILES string of the molecule is O=C(O)c1ccc(CNC2CCCCC2NCc2ccc(C(=O)O)cc2)cc1. The second-order valence-corrected chi connectivity index (χ2v) is 7.26. The lowest BCUT2D eigenvalue weighted by Gasteiger charge is -2.33. The quantitative estimate of drug-likeness (QED) is 0.559. The van der Waals surface area contributed by atoms with Gasteiger partial charge in [0.1, 0.15) is 0 Å². The Morgan fingerprint density at radius 2 is 1.07 bits per heavy atom. The summed E-state index contributed by atoms with van der Waals surface area (Å²) in [5, 5.41) is 25.2. The summed E-state index contributed by atoms with van der Waals surface area (Å²) >= 11 is 0. The monoisotopic (exact) mass is 382 g/mol. The second-order valence-electron chi connectivity index (χ2n) is 7.26. The lowest BCUT2D eigenvalue weighted by Crippen LogP contribution is -2.49. The molecule has 2 aromatic rings. The lowest BCUT2D eigenvalue weighted by atomic mass is 9.90. The molecular weight excluding hydrogens is 356 g/mol. The van der Waals surface area contributed by atoms with Gasteiger partial charge in [0.2, 0.25) is 0 Å². The van der Waals surface area contributed by atoms with Gasteiger partial charge in [-0.15, -0.1) is 0 Å². The van der Waals surface area contributed by atoms with Crippen LogP contribution in [0.2, 0.25) is 0 Å². The molecule has 0 aromatic heterocycles. The van der Waals surface area contributed by atoms with Crippen LogP contribution < -0.4 is 10.6 Å². The van der Waals surface area contributed by atoms with Crippen molar-refractivity contribution < 1.29 is 19.8 Å². The molecule has 0 amide bonds. The highest BCUT2D eigenvalue weighted by Gasteiger charge is 2.24. The molecule has 28 heavy (non-hydrogen) atoms. The van der Waals surface area contributed by atoms with Crippen LogP contribution in [0.5, 0.6) is 0 Å². The molecule has 4 N–H and O–H groups in total. The van der Waals surface area contributed by atoms with Crippen LogP contribution in [-0.2, 0) is 13.1 Å². The van der Waals surface area contributed by atoms with E-state index in [0.717, 1.165) is 24.0 Å².